The van der Waals surface area contributed by atoms with E-state index in [1.807, 2.05) is 0 Å². The molecule has 0 aromatic heterocycles. The molecule has 2 rings (SSSR count). The lowest BCUT2D eigenvalue weighted by molar-refractivity contribution is -0.785. The minimum Gasteiger partial charge on any atom is -0.330 e. The van der Waals surface area contributed by atoms with Gasteiger partial charge in [-0.25, -0.2) is 0 Å². The summed E-state index contributed by atoms with van der Waals surface area (Å²) in [4.78, 5) is 15.8. The molecule has 5 nitrogen and oxygen atoms in total. The molecular formula is C12H22N2O3. The predicted octanol–water partition coefficient (Wildman–Crippen LogP) is 2.27. The topological polar surface area (TPSA) is 78.4 Å². The summed E-state index contributed by atoms with van der Waals surface area (Å²) in [6, 6.07) is 0. The van der Waals surface area contributed by atoms with E-state index in [9.17, 15) is 10.1 Å². The Hall–Kier alpha value is -0.840. The summed E-state index contributed by atoms with van der Waals surface area (Å²) < 4.78 is 0. The number of nitrogens with two attached hydrogens (primary N) is 1. The van der Waals surface area contributed by atoms with Gasteiger partial charge in [0.15, 0.2) is 0 Å². The normalized spacial score (nSPS) is 45.4. The first-order valence-electron chi connectivity index (χ1n) is 6.34. The molecule has 98 valence electrons. The van der Waals surface area contributed by atoms with Crippen LogP contribution < -0.4 is 5.73 Å². The van der Waals surface area contributed by atoms with E-state index in [0.29, 0.717) is 13.0 Å². The second kappa shape index (κ2) is 3.83. The quantitative estimate of drug-likeness (QED) is 0.608. The van der Waals surface area contributed by atoms with Gasteiger partial charge in [-0.3, -0.25) is 0 Å². The van der Waals surface area contributed by atoms with Gasteiger partial charge in [0.1, 0.15) is 5.60 Å². The van der Waals surface area contributed by atoms with Crippen molar-refractivity contribution in [2.75, 3.05) is 6.54 Å². The second-order valence-electron chi connectivity index (χ2n) is 6.71. The van der Waals surface area contributed by atoms with Crippen molar-refractivity contribution in [3.05, 3.63) is 10.1 Å². The molecule has 2 saturated carbocycles. The second-order valence-corrected chi connectivity index (χ2v) is 6.71. The largest absolute Gasteiger partial charge is 0.330 e. The van der Waals surface area contributed by atoms with Crippen molar-refractivity contribution in [3.63, 3.8) is 0 Å². The molecule has 3 unspecified atom stereocenters. The Labute approximate surface area is 102 Å². The molecule has 0 aliphatic heterocycles. The SMILES string of the molecule is CC1(CN)CC2(C)CCCC(O[N+](=O)[O-])(C1)C2. The Morgan fingerprint density at radius 2 is 2.00 bits per heavy atom. The van der Waals surface area contributed by atoms with Gasteiger partial charge < -0.3 is 10.6 Å². The molecule has 5 heteroatoms. The zero-order valence-corrected chi connectivity index (χ0v) is 10.7. The van der Waals surface area contributed by atoms with Crippen LogP contribution in [0.1, 0.15) is 52.4 Å². The molecule has 0 saturated heterocycles. The van der Waals surface area contributed by atoms with Crippen LogP contribution in [-0.2, 0) is 4.84 Å². The first-order chi connectivity index (χ1) is 7.81. The maximum Gasteiger partial charge on any atom is 0.295 e. The highest BCUT2D eigenvalue weighted by Crippen LogP contribution is 2.58. The molecule has 3 atom stereocenters. The Morgan fingerprint density at radius 3 is 2.59 bits per heavy atom. The monoisotopic (exact) mass is 242 g/mol. The van der Waals surface area contributed by atoms with Gasteiger partial charge in [-0.1, -0.05) is 20.3 Å². The molecule has 2 N–H and O–H groups in total. The number of rotatable bonds is 3. The fourth-order valence-corrected chi connectivity index (χ4v) is 4.38. The highest BCUT2D eigenvalue weighted by Gasteiger charge is 2.54. The van der Waals surface area contributed by atoms with Crippen LogP contribution >= 0.6 is 0 Å². The number of hydrogen-bond acceptors (Lipinski definition) is 4. The van der Waals surface area contributed by atoms with Crippen molar-refractivity contribution in [2.24, 2.45) is 16.6 Å². The molecule has 0 heterocycles. The predicted molar refractivity (Wildman–Crippen MR) is 63.8 cm³/mol. The van der Waals surface area contributed by atoms with E-state index < -0.39 is 10.7 Å². The average Bonchev–Trinajstić information content (AvgIpc) is 2.13. The lowest BCUT2D eigenvalue weighted by Crippen LogP contribution is -2.54. The zero-order valence-electron chi connectivity index (χ0n) is 10.7. The van der Waals surface area contributed by atoms with Crippen molar-refractivity contribution >= 4 is 0 Å². The molecule has 2 fully saturated rings. The molecule has 0 radical (unpaired) electrons. The standard InChI is InChI=1S/C12H22N2O3/c1-10-4-3-5-12(7-10,17-14(15)16)8-11(2,6-10)9-13/h3-9,13H2,1-2H3. The van der Waals surface area contributed by atoms with E-state index in [0.717, 1.165) is 32.1 Å². The van der Waals surface area contributed by atoms with E-state index in [-0.39, 0.29) is 10.8 Å². The third-order valence-corrected chi connectivity index (χ3v) is 4.53. The molecule has 17 heavy (non-hydrogen) atoms. The number of hydrogen-bond donors (Lipinski definition) is 1. The van der Waals surface area contributed by atoms with Crippen molar-refractivity contribution in [1.82, 2.24) is 0 Å². The summed E-state index contributed by atoms with van der Waals surface area (Å²) in [6.45, 7) is 4.93. The van der Waals surface area contributed by atoms with Gasteiger partial charge in [-0.05, 0) is 49.5 Å². The van der Waals surface area contributed by atoms with Gasteiger partial charge >= 0.3 is 0 Å². The van der Waals surface area contributed by atoms with Gasteiger partial charge in [0.25, 0.3) is 5.09 Å². The maximum atomic E-state index is 10.7. The van der Waals surface area contributed by atoms with Crippen molar-refractivity contribution < 1.29 is 9.92 Å². The van der Waals surface area contributed by atoms with Crippen LogP contribution in [0.3, 0.4) is 0 Å². The van der Waals surface area contributed by atoms with Crippen molar-refractivity contribution in [2.45, 2.75) is 58.0 Å². The Morgan fingerprint density at radius 1 is 1.29 bits per heavy atom. The highest BCUT2D eigenvalue weighted by atomic mass is 17.0. The third-order valence-electron chi connectivity index (χ3n) is 4.53. The van der Waals surface area contributed by atoms with E-state index in [2.05, 4.69) is 13.8 Å². The van der Waals surface area contributed by atoms with E-state index in [4.69, 9.17) is 10.6 Å². The lowest BCUT2D eigenvalue weighted by Gasteiger charge is -2.55. The summed E-state index contributed by atoms with van der Waals surface area (Å²) in [7, 11) is 0. The first kappa shape index (κ1) is 12.6. The summed E-state index contributed by atoms with van der Waals surface area (Å²) in [5, 5.41) is 10.1. The lowest BCUT2D eigenvalue weighted by atomic mass is 9.53. The summed E-state index contributed by atoms with van der Waals surface area (Å²) in [6.07, 6.45) is 5.51. The minimum atomic E-state index is -0.617. The third kappa shape index (κ3) is 2.39. The number of nitrogens with zero attached hydrogens (tertiary/aromatic N) is 1. The van der Waals surface area contributed by atoms with Gasteiger partial charge in [0, 0.05) is 0 Å². The zero-order chi connectivity index (χ0) is 12.7. The maximum absolute atomic E-state index is 10.7. The Bertz CT molecular complexity index is 334. The van der Waals surface area contributed by atoms with Gasteiger partial charge in [0.2, 0.25) is 0 Å². The summed E-state index contributed by atoms with van der Waals surface area (Å²) >= 11 is 0. The van der Waals surface area contributed by atoms with Gasteiger partial charge in [0.05, 0.1) is 0 Å². The average molecular weight is 242 g/mol. The van der Waals surface area contributed by atoms with Crippen molar-refractivity contribution in [1.29, 1.82) is 0 Å². The van der Waals surface area contributed by atoms with Crippen LogP contribution in [0, 0.1) is 20.9 Å². The molecule has 2 aliphatic rings. The molecule has 0 aromatic rings. The van der Waals surface area contributed by atoms with E-state index in [1.54, 1.807) is 0 Å². The molecule has 0 amide bonds. The van der Waals surface area contributed by atoms with Crippen LogP contribution in [0.25, 0.3) is 0 Å². The van der Waals surface area contributed by atoms with Crippen LogP contribution in [0.15, 0.2) is 0 Å². The molecule has 0 aromatic carbocycles. The molecular weight excluding hydrogens is 220 g/mol. The van der Waals surface area contributed by atoms with Gasteiger partial charge in [-0.2, -0.15) is 0 Å². The van der Waals surface area contributed by atoms with Crippen LogP contribution in [0.2, 0.25) is 0 Å². The summed E-state index contributed by atoms with van der Waals surface area (Å²) in [5.74, 6) is 0. The fourth-order valence-electron chi connectivity index (χ4n) is 4.38. The van der Waals surface area contributed by atoms with Gasteiger partial charge in [-0.15, -0.1) is 10.1 Å². The van der Waals surface area contributed by atoms with Crippen LogP contribution in [-0.4, -0.2) is 17.2 Å². The molecule has 0 spiro atoms. The smallest absolute Gasteiger partial charge is 0.295 e. The van der Waals surface area contributed by atoms with E-state index in [1.165, 1.54) is 0 Å². The van der Waals surface area contributed by atoms with Crippen molar-refractivity contribution in [3.8, 4) is 0 Å². The van der Waals surface area contributed by atoms with Crippen LogP contribution in [0.4, 0.5) is 0 Å². The fraction of sp³-hybridized carbons (Fsp3) is 1.00. The highest BCUT2D eigenvalue weighted by molar-refractivity contribution is 5.04. The summed E-state index contributed by atoms with van der Waals surface area (Å²) in [5.41, 5.74) is 5.41. The van der Waals surface area contributed by atoms with E-state index >= 15 is 0 Å². The Balaban J connectivity index is 2.28. The number of fused-ring (bicyclic) bond motifs is 2. The minimum absolute atomic E-state index is 0.0244. The molecule has 2 bridgehead atoms. The molecule has 2 aliphatic carbocycles. The first-order valence-corrected chi connectivity index (χ1v) is 6.34. The Kier molecular flexibility index (Phi) is 2.84. The van der Waals surface area contributed by atoms with Crippen LogP contribution in [0.5, 0.6) is 0 Å².